The fraction of sp³-hybridized carbons (Fsp3) is 0.533. The lowest BCUT2D eigenvalue weighted by Crippen LogP contribution is -2.44. The lowest BCUT2D eigenvalue weighted by molar-refractivity contribution is 0.128. The van der Waals surface area contributed by atoms with E-state index in [0.29, 0.717) is 6.04 Å². The van der Waals surface area contributed by atoms with Crippen molar-refractivity contribution >= 4 is 0 Å². The minimum absolute atomic E-state index is 0.138. The third-order valence-corrected chi connectivity index (χ3v) is 3.77. The number of hydrogen-bond donors (Lipinski definition) is 0. The Morgan fingerprint density at radius 1 is 1.47 bits per heavy atom. The summed E-state index contributed by atoms with van der Waals surface area (Å²) in [6, 6.07) is 7.31. The van der Waals surface area contributed by atoms with Crippen molar-refractivity contribution in [2.75, 3.05) is 27.2 Å². The third kappa shape index (κ3) is 3.52. The maximum absolute atomic E-state index is 13.3. The molecule has 1 aromatic rings. The van der Waals surface area contributed by atoms with Crippen LogP contribution >= 0.6 is 0 Å². The lowest BCUT2D eigenvalue weighted by atomic mass is 10.0. The van der Waals surface area contributed by atoms with Crippen LogP contribution in [0.2, 0.25) is 0 Å². The second-order valence-electron chi connectivity index (χ2n) is 5.42. The first-order valence-corrected chi connectivity index (χ1v) is 6.67. The zero-order chi connectivity index (χ0) is 13.8. The Kier molecular flexibility index (Phi) is 4.52. The largest absolute Gasteiger partial charge is 0.305 e. The van der Waals surface area contributed by atoms with Crippen molar-refractivity contribution < 1.29 is 4.39 Å². The molecule has 3 nitrogen and oxygen atoms in total. The van der Waals surface area contributed by atoms with Crippen molar-refractivity contribution in [3.63, 3.8) is 0 Å². The number of halogens is 1. The molecule has 0 bridgehead atoms. The van der Waals surface area contributed by atoms with Crippen LogP contribution in [0.1, 0.15) is 24.0 Å². The first-order valence-electron chi connectivity index (χ1n) is 6.67. The standard InChI is InChI=1S/C15H20FN3/c1-18(2)14-4-3-7-19(11-14)10-12-5-6-15(16)13(8-12)9-17/h5-6,8,14H,3-4,7,10-11H2,1-2H3. The van der Waals surface area contributed by atoms with Crippen molar-refractivity contribution in [3.8, 4) is 6.07 Å². The number of piperidine rings is 1. The highest BCUT2D eigenvalue weighted by molar-refractivity contribution is 5.34. The average molecular weight is 261 g/mol. The lowest BCUT2D eigenvalue weighted by Gasteiger charge is -2.36. The summed E-state index contributed by atoms with van der Waals surface area (Å²) in [6.07, 6.45) is 2.42. The van der Waals surface area contributed by atoms with Gasteiger partial charge in [0.15, 0.2) is 0 Å². The average Bonchev–Trinajstić information content (AvgIpc) is 2.41. The molecular weight excluding hydrogens is 241 g/mol. The number of likely N-dealkylation sites (N-methyl/N-ethyl adjacent to an activating group) is 1. The Morgan fingerprint density at radius 3 is 2.95 bits per heavy atom. The monoisotopic (exact) mass is 261 g/mol. The fourth-order valence-electron chi connectivity index (χ4n) is 2.61. The molecule has 4 heteroatoms. The van der Waals surface area contributed by atoms with E-state index in [-0.39, 0.29) is 5.56 Å². The zero-order valence-corrected chi connectivity index (χ0v) is 11.6. The van der Waals surface area contributed by atoms with Crippen LogP contribution in [0.4, 0.5) is 4.39 Å². The van der Waals surface area contributed by atoms with E-state index in [4.69, 9.17) is 5.26 Å². The molecule has 0 N–H and O–H groups in total. The molecular formula is C15H20FN3. The van der Waals surface area contributed by atoms with Gasteiger partial charge in [-0.3, -0.25) is 4.90 Å². The molecule has 1 fully saturated rings. The van der Waals surface area contributed by atoms with Gasteiger partial charge in [-0.15, -0.1) is 0 Å². The molecule has 0 amide bonds. The van der Waals surface area contributed by atoms with E-state index in [1.165, 1.54) is 18.9 Å². The summed E-state index contributed by atoms with van der Waals surface area (Å²) >= 11 is 0. The summed E-state index contributed by atoms with van der Waals surface area (Å²) in [6.45, 7) is 2.90. The SMILES string of the molecule is CN(C)C1CCCN(Cc2ccc(F)c(C#N)c2)C1. The summed E-state index contributed by atoms with van der Waals surface area (Å²) in [5.41, 5.74) is 1.15. The van der Waals surface area contributed by atoms with E-state index in [9.17, 15) is 4.39 Å². The summed E-state index contributed by atoms with van der Waals surface area (Å²) in [4.78, 5) is 4.64. The van der Waals surface area contributed by atoms with Gasteiger partial charge < -0.3 is 4.90 Å². The van der Waals surface area contributed by atoms with Crippen molar-refractivity contribution in [2.45, 2.75) is 25.4 Å². The topological polar surface area (TPSA) is 30.3 Å². The van der Waals surface area contributed by atoms with Crippen molar-refractivity contribution in [3.05, 3.63) is 35.1 Å². The Hall–Kier alpha value is -1.44. The van der Waals surface area contributed by atoms with Gasteiger partial charge in [-0.25, -0.2) is 4.39 Å². The molecule has 1 heterocycles. The normalized spacial score (nSPS) is 20.5. The van der Waals surface area contributed by atoms with E-state index < -0.39 is 5.82 Å². The van der Waals surface area contributed by atoms with Crippen LogP contribution in [0, 0.1) is 17.1 Å². The van der Waals surface area contributed by atoms with Gasteiger partial charge in [-0.2, -0.15) is 5.26 Å². The zero-order valence-electron chi connectivity index (χ0n) is 11.6. The maximum Gasteiger partial charge on any atom is 0.140 e. The minimum Gasteiger partial charge on any atom is -0.305 e. The predicted octanol–water partition coefficient (Wildman–Crippen LogP) is 2.22. The molecule has 0 aliphatic carbocycles. The van der Waals surface area contributed by atoms with Crippen LogP contribution in [-0.2, 0) is 6.54 Å². The smallest absolute Gasteiger partial charge is 0.140 e. The molecule has 1 aliphatic heterocycles. The molecule has 102 valence electrons. The van der Waals surface area contributed by atoms with Gasteiger partial charge in [-0.05, 0) is 51.2 Å². The van der Waals surface area contributed by atoms with Crippen LogP contribution in [0.5, 0.6) is 0 Å². The van der Waals surface area contributed by atoms with Crippen molar-refractivity contribution in [1.29, 1.82) is 5.26 Å². The summed E-state index contributed by atoms with van der Waals surface area (Å²) < 4.78 is 13.3. The minimum atomic E-state index is -0.434. The first kappa shape index (κ1) is 14.0. The quantitative estimate of drug-likeness (QED) is 0.836. The molecule has 1 unspecified atom stereocenters. The van der Waals surface area contributed by atoms with Crippen LogP contribution in [0.3, 0.4) is 0 Å². The third-order valence-electron chi connectivity index (χ3n) is 3.77. The highest BCUT2D eigenvalue weighted by Gasteiger charge is 2.21. The number of nitrogens with zero attached hydrogens (tertiary/aromatic N) is 3. The summed E-state index contributed by atoms with van der Waals surface area (Å²) in [5, 5.41) is 8.85. The Bertz CT molecular complexity index is 479. The molecule has 1 atom stereocenters. The first-order chi connectivity index (χ1) is 9.10. The summed E-state index contributed by atoms with van der Waals surface area (Å²) in [7, 11) is 4.22. The highest BCUT2D eigenvalue weighted by Crippen LogP contribution is 2.17. The second-order valence-corrected chi connectivity index (χ2v) is 5.42. The number of likely N-dealkylation sites (tertiary alicyclic amines) is 1. The van der Waals surface area contributed by atoms with E-state index in [0.717, 1.165) is 25.2 Å². The van der Waals surface area contributed by atoms with Crippen LogP contribution < -0.4 is 0 Å². The number of hydrogen-bond acceptors (Lipinski definition) is 3. The van der Waals surface area contributed by atoms with Crippen LogP contribution in [0.15, 0.2) is 18.2 Å². The van der Waals surface area contributed by atoms with E-state index in [2.05, 4.69) is 23.9 Å². The van der Waals surface area contributed by atoms with Crippen LogP contribution in [0.25, 0.3) is 0 Å². The molecule has 1 aliphatic rings. The maximum atomic E-state index is 13.3. The molecule has 0 saturated carbocycles. The Balaban J connectivity index is 2.03. The van der Waals surface area contributed by atoms with Crippen molar-refractivity contribution in [1.82, 2.24) is 9.80 Å². The van der Waals surface area contributed by atoms with Gasteiger partial charge in [0, 0.05) is 19.1 Å². The number of rotatable bonds is 3. The molecule has 0 aromatic heterocycles. The van der Waals surface area contributed by atoms with E-state index in [1.54, 1.807) is 12.1 Å². The van der Waals surface area contributed by atoms with Crippen LogP contribution in [-0.4, -0.2) is 43.0 Å². The van der Waals surface area contributed by atoms with Gasteiger partial charge in [0.05, 0.1) is 5.56 Å². The van der Waals surface area contributed by atoms with E-state index >= 15 is 0 Å². The number of nitriles is 1. The predicted molar refractivity (Wildman–Crippen MR) is 73.1 cm³/mol. The molecule has 1 aromatic carbocycles. The Morgan fingerprint density at radius 2 is 2.26 bits per heavy atom. The second kappa shape index (κ2) is 6.14. The molecule has 2 rings (SSSR count). The van der Waals surface area contributed by atoms with Gasteiger partial charge in [-0.1, -0.05) is 6.07 Å². The number of benzene rings is 1. The van der Waals surface area contributed by atoms with Gasteiger partial charge in [0.2, 0.25) is 0 Å². The summed E-state index contributed by atoms with van der Waals surface area (Å²) in [5.74, 6) is -0.434. The van der Waals surface area contributed by atoms with Gasteiger partial charge >= 0.3 is 0 Å². The Labute approximate surface area is 114 Å². The molecule has 0 spiro atoms. The van der Waals surface area contributed by atoms with Gasteiger partial charge in [0.25, 0.3) is 0 Å². The van der Waals surface area contributed by atoms with Crippen molar-refractivity contribution in [2.24, 2.45) is 0 Å². The highest BCUT2D eigenvalue weighted by atomic mass is 19.1. The molecule has 19 heavy (non-hydrogen) atoms. The van der Waals surface area contributed by atoms with E-state index in [1.807, 2.05) is 6.07 Å². The molecule has 1 saturated heterocycles. The fourth-order valence-corrected chi connectivity index (χ4v) is 2.61. The van der Waals surface area contributed by atoms with Gasteiger partial charge in [0.1, 0.15) is 11.9 Å². The molecule has 0 radical (unpaired) electrons.